The Morgan fingerprint density at radius 3 is 2.53 bits per heavy atom. The first-order valence-corrected chi connectivity index (χ1v) is 10.0. The molecular weight excluding hydrogens is 428 g/mol. The monoisotopic (exact) mass is 446 g/mol. The normalized spacial score (nSPS) is 14.9. The molecule has 1 fully saturated rings. The number of rotatable bonds is 6. The summed E-state index contributed by atoms with van der Waals surface area (Å²) in [7, 11) is 3.05. The van der Waals surface area contributed by atoms with E-state index in [9.17, 15) is 14.4 Å². The van der Waals surface area contributed by atoms with Gasteiger partial charge in [-0.05, 0) is 60.2 Å². The van der Waals surface area contributed by atoms with Crippen LogP contribution in [0.1, 0.15) is 11.1 Å². The van der Waals surface area contributed by atoms with E-state index in [0.717, 1.165) is 27.8 Å². The molecule has 1 saturated heterocycles. The van der Waals surface area contributed by atoms with Crippen LogP contribution in [0.15, 0.2) is 41.3 Å². The summed E-state index contributed by atoms with van der Waals surface area (Å²) in [4.78, 5) is 38.4. The topological polar surface area (TPSA) is 84.9 Å². The molecule has 2 aromatic carbocycles. The van der Waals surface area contributed by atoms with Crippen molar-refractivity contribution in [3.05, 3.63) is 57.5 Å². The summed E-state index contributed by atoms with van der Waals surface area (Å²) in [5.74, 6) is 0.114. The molecule has 0 atom stereocenters. The van der Waals surface area contributed by atoms with Crippen LogP contribution in [0.4, 0.5) is 10.5 Å². The van der Waals surface area contributed by atoms with Crippen molar-refractivity contribution < 1.29 is 23.9 Å². The SMILES string of the molecule is COc1cc(/C=C2/SC(=O)N(CC(=O)Nc3ccc(OC)c(Cl)c3)C2=O)ccc1C. The molecule has 3 amide bonds. The van der Waals surface area contributed by atoms with Gasteiger partial charge in [0.05, 0.1) is 24.1 Å². The highest BCUT2D eigenvalue weighted by Crippen LogP contribution is 2.33. The number of hydrogen-bond donors (Lipinski definition) is 1. The van der Waals surface area contributed by atoms with Gasteiger partial charge in [0.1, 0.15) is 18.0 Å². The highest BCUT2D eigenvalue weighted by atomic mass is 35.5. The van der Waals surface area contributed by atoms with Crippen LogP contribution in [-0.2, 0) is 9.59 Å². The Hall–Kier alpha value is -2.97. The Kier molecular flexibility index (Phi) is 6.69. The molecule has 0 saturated carbocycles. The molecule has 0 radical (unpaired) electrons. The Bertz CT molecular complexity index is 1050. The van der Waals surface area contributed by atoms with Crippen LogP contribution < -0.4 is 14.8 Å². The maximum Gasteiger partial charge on any atom is 0.294 e. The third kappa shape index (κ3) is 4.77. The van der Waals surface area contributed by atoms with Gasteiger partial charge in [0.15, 0.2) is 0 Å². The van der Waals surface area contributed by atoms with Crippen molar-refractivity contribution in [2.45, 2.75) is 6.92 Å². The van der Waals surface area contributed by atoms with Gasteiger partial charge in [-0.15, -0.1) is 0 Å². The van der Waals surface area contributed by atoms with E-state index in [1.807, 2.05) is 19.1 Å². The predicted molar refractivity (Wildman–Crippen MR) is 117 cm³/mol. The molecule has 0 bridgehead atoms. The zero-order valence-electron chi connectivity index (χ0n) is 16.5. The Morgan fingerprint density at radius 1 is 1.13 bits per heavy atom. The minimum Gasteiger partial charge on any atom is -0.496 e. The van der Waals surface area contributed by atoms with Crippen molar-refractivity contribution in [2.24, 2.45) is 0 Å². The van der Waals surface area contributed by atoms with Crippen molar-refractivity contribution in [1.82, 2.24) is 4.90 Å². The van der Waals surface area contributed by atoms with Gasteiger partial charge >= 0.3 is 0 Å². The first-order chi connectivity index (χ1) is 14.3. The van der Waals surface area contributed by atoms with Crippen LogP contribution in [0.3, 0.4) is 0 Å². The highest BCUT2D eigenvalue weighted by molar-refractivity contribution is 8.18. The van der Waals surface area contributed by atoms with Crippen LogP contribution in [-0.4, -0.2) is 42.7 Å². The number of amides is 3. The Labute approximate surface area is 183 Å². The van der Waals surface area contributed by atoms with Crippen LogP contribution in [0, 0.1) is 6.92 Å². The standard InChI is InChI=1S/C21H19ClN2O5S/c1-12-4-5-13(8-17(12)29-3)9-18-20(26)24(21(27)30-18)11-19(25)23-14-6-7-16(28-2)15(22)10-14/h4-10H,11H2,1-3H3,(H,23,25)/b18-9+. The summed E-state index contributed by atoms with van der Waals surface area (Å²) in [5, 5.41) is 2.44. The molecule has 156 valence electrons. The number of nitrogens with one attached hydrogen (secondary N) is 1. The van der Waals surface area contributed by atoms with Crippen LogP contribution in [0.25, 0.3) is 6.08 Å². The van der Waals surface area contributed by atoms with E-state index in [1.54, 1.807) is 31.4 Å². The van der Waals surface area contributed by atoms with Crippen LogP contribution >= 0.6 is 23.4 Å². The summed E-state index contributed by atoms with van der Waals surface area (Å²) < 4.78 is 10.3. The number of benzene rings is 2. The van der Waals surface area contributed by atoms with Crippen LogP contribution in [0.2, 0.25) is 5.02 Å². The zero-order chi connectivity index (χ0) is 21.8. The lowest BCUT2D eigenvalue weighted by Crippen LogP contribution is -2.36. The number of aryl methyl sites for hydroxylation is 1. The fourth-order valence-corrected chi connectivity index (χ4v) is 3.90. The van der Waals surface area contributed by atoms with Crippen molar-refractivity contribution in [1.29, 1.82) is 0 Å². The van der Waals surface area contributed by atoms with E-state index < -0.39 is 23.6 Å². The van der Waals surface area contributed by atoms with E-state index in [0.29, 0.717) is 22.2 Å². The lowest BCUT2D eigenvalue weighted by Gasteiger charge is -2.13. The second-order valence-corrected chi connectivity index (χ2v) is 7.79. The number of hydrogen-bond acceptors (Lipinski definition) is 6. The molecule has 7 nitrogen and oxygen atoms in total. The third-order valence-electron chi connectivity index (χ3n) is 4.34. The summed E-state index contributed by atoms with van der Waals surface area (Å²) in [6, 6.07) is 10.2. The molecule has 0 aromatic heterocycles. The molecule has 1 heterocycles. The van der Waals surface area contributed by atoms with Gasteiger partial charge in [0, 0.05) is 5.69 Å². The smallest absolute Gasteiger partial charge is 0.294 e. The van der Waals surface area contributed by atoms with E-state index in [2.05, 4.69) is 5.32 Å². The minimum absolute atomic E-state index is 0.242. The molecule has 3 rings (SSSR count). The number of anilines is 1. The molecule has 1 aliphatic rings. The number of halogens is 1. The average molecular weight is 447 g/mol. The molecule has 9 heteroatoms. The second-order valence-electron chi connectivity index (χ2n) is 6.39. The lowest BCUT2D eigenvalue weighted by atomic mass is 10.1. The maximum absolute atomic E-state index is 12.6. The lowest BCUT2D eigenvalue weighted by molar-refractivity contribution is -0.127. The number of ether oxygens (including phenoxy) is 2. The van der Waals surface area contributed by atoms with Gasteiger partial charge < -0.3 is 14.8 Å². The van der Waals surface area contributed by atoms with Gasteiger partial charge in [0.2, 0.25) is 5.91 Å². The summed E-state index contributed by atoms with van der Waals surface area (Å²) in [5.41, 5.74) is 2.11. The molecule has 1 N–H and O–H groups in total. The third-order valence-corrected chi connectivity index (χ3v) is 5.54. The minimum atomic E-state index is -0.521. The van der Waals surface area contributed by atoms with Crippen molar-refractivity contribution in [2.75, 3.05) is 26.1 Å². The molecule has 1 aliphatic heterocycles. The largest absolute Gasteiger partial charge is 0.496 e. The number of thioether (sulfide) groups is 1. The first kappa shape index (κ1) is 21.7. The van der Waals surface area contributed by atoms with Gasteiger partial charge in [0.25, 0.3) is 11.1 Å². The number of carbonyl (C=O) groups is 3. The predicted octanol–water partition coefficient (Wildman–Crippen LogP) is 4.34. The fourth-order valence-electron chi connectivity index (χ4n) is 2.80. The van der Waals surface area contributed by atoms with Gasteiger partial charge in [-0.1, -0.05) is 23.7 Å². The number of methoxy groups -OCH3 is 2. The average Bonchev–Trinajstić information content (AvgIpc) is 2.97. The first-order valence-electron chi connectivity index (χ1n) is 8.85. The highest BCUT2D eigenvalue weighted by Gasteiger charge is 2.36. The molecule has 30 heavy (non-hydrogen) atoms. The summed E-state index contributed by atoms with van der Waals surface area (Å²) in [6.07, 6.45) is 1.61. The van der Waals surface area contributed by atoms with Gasteiger partial charge in [-0.25, -0.2) is 0 Å². The molecular formula is C21H19ClN2O5S. The van der Waals surface area contributed by atoms with Gasteiger partial charge in [-0.2, -0.15) is 0 Å². The molecule has 0 unspecified atom stereocenters. The number of nitrogens with zero attached hydrogens (tertiary/aromatic N) is 1. The van der Waals surface area contributed by atoms with Gasteiger partial charge in [-0.3, -0.25) is 19.3 Å². The quantitative estimate of drug-likeness (QED) is 0.664. The van der Waals surface area contributed by atoms with E-state index in [-0.39, 0.29) is 4.91 Å². The maximum atomic E-state index is 12.6. The Balaban J connectivity index is 1.70. The number of imide groups is 1. The summed E-state index contributed by atoms with van der Waals surface area (Å²) in [6.45, 7) is 1.51. The van der Waals surface area contributed by atoms with Crippen molar-refractivity contribution in [3.63, 3.8) is 0 Å². The molecule has 0 aliphatic carbocycles. The molecule has 0 spiro atoms. The van der Waals surface area contributed by atoms with Crippen LogP contribution in [0.5, 0.6) is 11.5 Å². The zero-order valence-corrected chi connectivity index (χ0v) is 18.1. The van der Waals surface area contributed by atoms with E-state index in [4.69, 9.17) is 21.1 Å². The molecule has 2 aromatic rings. The van der Waals surface area contributed by atoms with E-state index >= 15 is 0 Å². The van der Waals surface area contributed by atoms with E-state index in [1.165, 1.54) is 13.2 Å². The fraction of sp³-hybridized carbons (Fsp3) is 0.190. The van der Waals surface area contributed by atoms with Crippen molar-refractivity contribution >= 4 is 52.2 Å². The number of carbonyl (C=O) groups excluding carboxylic acids is 3. The van der Waals surface area contributed by atoms with Crippen molar-refractivity contribution in [3.8, 4) is 11.5 Å². The second kappa shape index (κ2) is 9.23. The Morgan fingerprint density at radius 2 is 1.87 bits per heavy atom. The summed E-state index contributed by atoms with van der Waals surface area (Å²) >= 11 is 6.83.